The second-order valence-electron chi connectivity index (χ2n) is 3.82. The number of hydrogen-bond acceptors (Lipinski definition) is 1. The van der Waals surface area contributed by atoms with Gasteiger partial charge in [0.05, 0.1) is 0 Å². The molecule has 0 aromatic rings. The Morgan fingerprint density at radius 3 is 1.50 bits per heavy atom. The van der Waals surface area contributed by atoms with Crippen LogP contribution in [0.15, 0.2) is 0 Å². The van der Waals surface area contributed by atoms with E-state index >= 15 is 0 Å². The first-order valence-corrected chi connectivity index (χ1v) is 5.71. The van der Waals surface area contributed by atoms with Gasteiger partial charge in [-0.3, -0.25) is 4.79 Å². The number of carbonyl (C=O) groups excluding carboxylic acids is 1. The first-order valence-electron chi connectivity index (χ1n) is 5.71. The van der Waals surface area contributed by atoms with E-state index in [2.05, 4.69) is 20.8 Å². The van der Waals surface area contributed by atoms with Gasteiger partial charge >= 0.3 is 0 Å². The molecule has 2 nitrogen and oxygen atoms in total. The molecule has 0 aliphatic rings. The van der Waals surface area contributed by atoms with Gasteiger partial charge in [0.25, 0.3) is 0 Å². The number of carbonyl (C=O) groups is 1. The molecule has 0 radical (unpaired) electrons. The Labute approximate surface area is 90.3 Å². The largest absolute Gasteiger partial charge is 0.369 e. The zero-order valence-electron chi connectivity index (χ0n) is 11.1. The van der Waals surface area contributed by atoms with E-state index in [1.165, 1.54) is 0 Å². The molecular weight excluding hydrogens is 174 g/mol. The summed E-state index contributed by atoms with van der Waals surface area (Å²) in [6.07, 6.45) is 1.94. The summed E-state index contributed by atoms with van der Waals surface area (Å²) in [4.78, 5) is 10.3. The Morgan fingerprint density at radius 2 is 1.43 bits per heavy atom. The minimum absolute atomic E-state index is 0.0556. The summed E-state index contributed by atoms with van der Waals surface area (Å²) in [6, 6.07) is 0. The average molecular weight is 203 g/mol. The number of rotatable bonds is 3. The number of hydrogen-bond donors (Lipinski definition) is 1. The minimum atomic E-state index is -0.188. The highest BCUT2D eigenvalue weighted by molar-refractivity contribution is 5.76. The van der Waals surface area contributed by atoms with Gasteiger partial charge in [-0.1, -0.05) is 54.9 Å². The van der Waals surface area contributed by atoms with Crippen molar-refractivity contribution in [1.29, 1.82) is 0 Å². The average Bonchev–Trinajstić information content (AvgIpc) is 2.07. The molecule has 0 aliphatic heterocycles. The van der Waals surface area contributed by atoms with E-state index in [-0.39, 0.29) is 11.8 Å². The highest BCUT2D eigenvalue weighted by atomic mass is 16.1. The lowest BCUT2D eigenvalue weighted by Crippen LogP contribution is -2.19. The Kier molecular flexibility index (Phi) is 20.4. The van der Waals surface area contributed by atoms with Crippen molar-refractivity contribution in [2.45, 2.75) is 61.3 Å². The van der Waals surface area contributed by atoms with Gasteiger partial charge in [-0.15, -0.1) is 0 Å². The Hall–Kier alpha value is -0.530. The zero-order chi connectivity index (χ0) is 12.1. The lowest BCUT2D eigenvalue weighted by molar-refractivity contribution is -0.121. The van der Waals surface area contributed by atoms with Crippen LogP contribution in [0.5, 0.6) is 0 Å². The fourth-order valence-electron chi connectivity index (χ4n) is 0.575. The molecule has 0 aromatic heterocycles. The normalized spacial score (nSPS) is 10.6. The molecule has 88 valence electrons. The third-order valence-electron chi connectivity index (χ3n) is 1.21. The molecule has 0 heterocycles. The van der Waals surface area contributed by atoms with Crippen molar-refractivity contribution < 1.29 is 4.79 Å². The number of nitrogens with two attached hydrogens (primary N) is 1. The topological polar surface area (TPSA) is 43.1 Å². The third-order valence-corrected chi connectivity index (χ3v) is 1.21. The Balaban J connectivity index is -0.000000170. The molecule has 0 fully saturated rings. The Bertz CT molecular complexity index is 108. The van der Waals surface area contributed by atoms with Gasteiger partial charge in [-0.2, -0.15) is 0 Å². The SMILES string of the molecule is CC.CC(C)C.CCCC(C)C(N)=O. The summed E-state index contributed by atoms with van der Waals surface area (Å²) in [5.74, 6) is 0.701. The fourth-order valence-corrected chi connectivity index (χ4v) is 0.575. The van der Waals surface area contributed by atoms with E-state index < -0.39 is 0 Å². The van der Waals surface area contributed by atoms with E-state index in [0.717, 1.165) is 18.8 Å². The van der Waals surface area contributed by atoms with Crippen LogP contribution in [-0.2, 0) is 4.79 Å². The van der Waals surface area contributed by atoms with Crippen molar-refractivity contribution in [2.75, 3.05) is 0 Å². The molecule has 1 amide bonds. The Morgan fingerprint density at radius 1 is 1.14 bits per heavy atom. The van der Waals surface area contributed by atoms with Crippen molar-refractivity contribution in [3.63, 3.8) is 0 Å². The predicted molar refractivity (Wildman–Crippen MR) is 65.1 cm³/mol. The first kappa shape index (κ1) is 19.1. The highest BCUT2D eigenvalue weighted by Crippen LogP contribution is 2.01. The molecule has 0 bridgehead atoms. The maximum atomic E-state index is 10.3. The van der Waals surface area contributed by atoms with Gasteiger partial charge < -0.3 is 5.73 Å². The van der Waals surface area contributed by atoms with E-state index in [0.29, 0.717) is 0 Å². The summed E-state index contributed by atoms with van der Waals surface area (Å²) >= 11 is 0. The maximum absolute atomic E-state index is 10.3. The molecule has 0 saturated carbocycles. The van der Waals surface area contributed by atoms with Crippen molar-refractivity contribution in [3.8, 4) is 0 Å². The lowest BCUT2D eigenvalue weighted by Gasteiger charge is -2.01. The van der Waals surface area contributed by atoms with Crippen LogP contribution in [0.4, 0.5) is 0 Å². The van der Waals surface area contributed by atoms with Crippen molar-refractivity contribution in [3.05, 3.63) is 0 Å². The van der Waals surface area contributed by atoms with Crippen LogP contribution >= 0.6 is 0 Å². The second-order valence-corrected chi connectivity index (χ2v) is 3.82. The van der Waals surface area contributed by atoms with Crippen molar-refractivity contribution in [2.24, 2.45) is 17.6 Å². The van der Waals surface area contributed by atoms with Crippen LogP contribution < -0.4 is 5.73 Å². The van der Waals surface area contributed by atoms with Gasteiger partial charge in [0.15, 0.2) is 0 Å². The van der Waals surface area contributed by atoms with E-state index in [1.54, 1.807) is 0 Å². The molecule has 0 rings (SSSR count). The smallest absolute Gasteiger partial charge is 0.220 e. The molecule has 0 aliphatic carbocycles. The summed E-state index contributed by atoms with van der Waals surface area (Å²) in [7, 11) is 0. The van der Waals surface area contributed by atoms with Crippen LogP contribution in [0.1, 0.15) is 61.3 Å². The van der Waals surface area contributed by atoms with E-state index in [1.807, 2.05) is 27.7 Å². The molecule has 0 saturated heterocycles. The predicted octanol–water partition coefficient (Wildman–Crippen LogP) is 3.60. The quantitative estimate of drug-likeness (QED) is 0.748. The van der Waals surface area contributed by atoms with Gasteiger partial charge in [-0.05, 0) is 12.3 Å². The number of primary amides is 1. The summed E-state index contributed by atoms with van der Waals surface area (Å²) in [5.41, 5.74) is 4.98. The first-order chi connectivity index (χ1) is 6.41. The molecule has 0 aromatic carbocycles. The molecule has 1 atom stereocenters. The lowest BCUT2D eigenvalue weighted by atomic mass is 10.1. The van der Waals surface area contributed by atoms with E-state index in [4.69, 9.17) is 5.73 Å². The molecular formula is C12H29NO. The summed E-state index contributed by atoms with van der Waals surface area (Å²) < 4.78 is 0. The van der Waals surface area contributed by atoms with Gasteiger partial charge in [0, 0.05) is 5.92 Å². The van der Waals surface area contributed by atoms with Crippen LogP contribution in [0, 0.1) is 11.8 Å². The highest BCUT2D eigenvalue weighted by Gasteiger charge is 2.04. The molecule has 0 spiro atoms. The molecule has 1 unspecified atom stereocenters. The number of amides is 1. The van der Waals surface area contributed by atoms with Crippen molar-refractivity contribution >= 4 is 5.91 Å². The summed E-state index contributed by atoms with van der Waals surface area (Å²) in [5, 5.41) is 0. The van der Waals surface area contributed by atoms with Crippen LogP contribution in [-0.4, -0.2) is 5.91 Å². The van der Waals surface area contributed by atoms with Crippen LogP contribution in [0.3, 0.4) is 0 Å². The second kappa shape index (κ2) is 15.0. The van der Waals surface area contributed by atoms with Crippen LogP contribution in [0.25, 0.3) is 0 Å². The van der Waals surface area contributed by atoms with Crippen LogP contribution in [0.2, 0.25) is 0 Å². The monoisotopic (exact) mass is 203 g/mol. The standard InChI is InChI=1S/C6H13NO.C4H10.C2H6/c1-3-4-5(2)6(7)8;1-4(2)3;1-2/h5H,3-4H2,1-2H3,(H2,7,8);4H,1-3H3;1-2H3. The van der Waals surface area contributed by atoms with Gasteiger partial charge in [0.2, 0.25) is 5.91 Å². The minimum Gasteiger partial charge on any atom is -0.369 e. The fraction of sp³-hybridized carbons (Fsp3) is 0.917. The molecule has 2 heteroatoms. The van der Waals surface area contributed by atoms with Gasteiger partial charge in [-0.25, -0.2) is 0 Å². The van der Waals surface area contributed by atoms with Crippen molar-refractivity contribution in [1.82, 2.24) is 0 Å². The van der Waals surface area contributed by atoms with Gasteiger partial charge in [0.1, 0.15) is 0 Å². The zero-order valence-corrected chi connectivity index (χ0v) is 11.1. The molecule has 14 heavy (non-hydrogen) atoms. The maximum Gasteiger partial charge on any atom is 0.220 e. The summed E-state index contributed by atoms with van der Waals surface area (Å²) in [6.45, 7) is 14.4. The third kappa shape index (κ3) is 30.0. The molecule has 2 N–H and O–H groups in total. The van der Waals surface area contributed by atoms with E-state index in [9.17, 15) is 4.79 Å².